The molecule has 0 aliphatic heterocycles. The van der Waals surface area contributed by atoms with E-state index in [4.69, 9.17) is 4.74 Å². The van der Waals surface area contributed by atoms with Crippen LogP contribution in [0.15, 0.2) is 83.8 Å². The topological polar surface area (TPSA) is 26.3 Å². The van der Waals surface area contributed by atoms with E-state index in [1.165, 1.54) is 10.5 Å². The largest absolute Gasteiger partial charge is 0.497 e. The molecule has 1 atom stereocenters. The summed E-state index contributed by atoms with van der Waals surface area (Å²) in [5.74, 6) is 3.00. The maximum atomic E-state index is 12.4. The van der Waals surface area contributed by atoms with E-state index < -0.39 is 10.8 Å². The molecule has 3 aromatic carbocycles. The van der Waals surface area contributed by atoms with E-state index >= 15 is 0 Å². The first kappa shape index (κ1) is 20.1. The minimum atomic E-state index is -0.897. The van der Waals surface area contributed by atoms with Crippen molar-refractivity contribution in [3.05, 3.63) is 95.6 Å². The van der Waals surface area contributed by atoms with Crippen LogP contribution in [0.4, 0.5) is 0 Å². The van der Waals surface area contributed by atoms with Gasteiger partial charge in [-0.2, -0.15) is 0 Å². The highest BCUT2D eigenvalue weighted by Gasteiger charge is 2.05. The molecule has 0 aromatic heterocycles. The molecule has 0 amide bonds. The second-order valence-electron chi connectivity index (χ2n) is 6.06. The summed E-state index contributed by atoms with van der Waals surface area (Å²) in [5, 5.41) is 0. The van der Waals surface area contributed by atoms with Crippen LogP contribution in [-0.4, -0.2) is 11.3 Å². The summed E-state index contributed by atoms with van der Waals surface area (Å²) in [7, 11) is 4.34. The molecule has 5 heteroatoms. The van der Waals surface area contributed by atoms with Gasteiger partial charge in [0.15, 0.2) is 0 Å². The predicted octanol–water partition coefficient (Wildman–Crippen LogP) is 6.08. The molecule has 2 nitrogen and oxygen atoms in total. The van der Waals surface area contributed by atoms with Gasteiger partial charge in [-0.15, -0.1) is 0 Å². The molecule has 0 spiro atoms. The number of hydrogen-bond acceptors (Lipinski definition) is 4. The first-order chi connectivity index (χ1) is 13.2. The van der Waals surface area contributed by atoms with Crippen LogP contribution in [0.1, 0.15) is 16.7 Å². The summed E-state index contributed by atoms with van der Waals surface area (Å²) < 4.78 is 17.6. The number of methoxy groups -OCH3 is 1. The lowest BCUT2D eigenvalue weighted by Gasteiger charge is -2.06. The van der Waals surface area contributed by atoms with Crippen molar-refractivity contribution in [3.63, 3.8) is 0 Å². The van der Waals surface area contributed by atoms with Crippen molar-refractivity contribution in [3.8, 4) is 5.75 Å². The number of benzene rings is 3. The highest BCUT2D eigenvalue weighted by atomic mass is 33.1. The van der Waals surface area contributed by atoms with Crippen LogP contribution in [0.25, 0.3) is 0 Å². The number of rotatable bonds is 9. The zero-order valence-corrected chi connectivity index (χ0v) is 17.6. The Bertz CT molecular complexity index is 864. The smallest absolute Gasteiger partial charge is 0.118 e. The van der Waals surface area contributed by atoms with Crippen molar-refractivity contribution in [2.75, 3.05) is 7.11 Å². The Morgan fingerprint density at radius 2 is 1.52 bits per heavy atom. The molecule has 0 heterocycles. The van der Waals surface area contributed by atoms with Gasteiger partial charge in [0.05, 0.1) is 7.11 Å². The van der Waals surface area contributed by atoms with E-state index in [1.807, 2.05) is 48.5 Å². The molecule has 3 rings (SSSR count). The molecule has 0 aliphatic rings. The fourth-order valence-corrected chi connectivity index (χ4v) is 5.95. The first-order valence-electron chi connectivity index (χ1n) is 8.63. The standard InChI is InChI=1S/C22H22O2S3/c1-24-21-12-10-18(11-13-21)15-25-26-22-9-5-8-20(14-22)17-27(23)16-19-6-3-2-4-7-19/h2-14H,15-17H2,1H3. The van der Waals surface area contributed by atoms with Crippen LogP contribution < -0.4 is 4.74 Å². The maximum absolute atomic E-state index is 12.4. The quantitative estimate of drug-likeness (QED) is 0.396. The molecule has 3 aromatic rings. The van der Waals surface area contributed by atoms with Gasteiger partial charge < -0.3 is 4.74 Å². The molecule has 0 radical (unpaired) electrons. The highest BCUT2D eigenvalue weighted by molar-refractivity contribution is 8.76. The van der Waals surface area contributed by atoms with Crippen LogP contribution in [0.2, 0.25) is 0 Å². The molecule has 0 bridgehead atoms. The van der Waals surface area contributed by atoms with E-state index in [-0.39, 0.29) is 0 Å². The summed E-state index contributed by atoms with van der Waals surface area (Å²) in [6, 6.07) is 26.5. The average molecular weight is 415 g/mol. The molecule has 1 unspecified atom stereocenters. The molecular weight excluding hydrogens is 392 g/mol. The van der Waals surface area contributed by atoms with Gasteiger partial charge in [-0.05, 0) is 41.0 Å². The lowest BCUT2D eigenvalue weighted by Crippen LogP contribution is -1.99. The first-order valence-corrected chi connectivity index (χ1v) is 12.4. The van der Waals surface area contributed by atoms with Crippen LogP contribution in [0.3, 0.4) is 0 Å². The summed E-state index contributed by atoms with van der Waals surface area (Å²) in [4.78, 5) is 1.20. The molecule has 0 N–H and O–H groups in total. The van der Waals surface area contributed by atoms with E-state index in [0.717, 1.165) is 22.6 Å². The summed E-state index contributed by atoms with van der Waals surface area (Å²) in [5.41, 5.74) is 3.52. The molecule has 0 saturated heterocycles. The predicted molar refractivity (Wildman–Crippen MR) is 119 cm³/mol. The molecule has 140 valence electrons. The van der Waals surface area contributed by atoms with Gasteiger partial charge in [0.25, 0.3) is 0 Å². The van der Waals surface area contributed by atoms with E-state index in [1.54, 1.807) is 28.7 Å². The monoisotopic (exact) mass is 414 g/mol. The third kappa shape index (κ3) is 6.76. The fourth-order valence-electron chi connectivity index (χ4n) is 2.57. The van der Waals surface area contributed by atoms with Crippen LogP contribution >= 0.6 is 21.6 Å². The second-order valence-corrected chi connectivity index (χ2v) is 9.88. The van der Waals surface area contributed by atoms with Crippen molar-refractivity contribution in [1.82, 2.24) is 0 Å². The van der Waals surface area contributed by atoms with E-state index in [0.29, 0.717) is 11.5 Å². The SMILES string of the molecule is COc1ccc(CSSc2cccc(CS(=O)Cc3ccccc3)c2)cc1. The Morgan fingerprint density at radius 1 is 0.815 bits per heavy atom. The van der Waals surface area contributed by atoms with E-state index in [9.17, 15) is 4.21 Å². The molecule has 27 heavy (non-hydrogen) atoms. The van der Waals surface area contributed by atoms with Crippen molar-refractivity contribution >= 4 is 32.4 Å². The Balaban J connectivity index is 1.50. The molecular formula is C22H22O2S3. The zero-order valence-electron chi connectivity index (χ0n) is 15.2. The van der Waals surface area contributed by atoms with Gasteiger partial charge in [0.2, 0.25) is 0 Å². The van der Waals surface area contributed by atoms with Crippen LogP contribution in [0, 0.1) is 0 Å². The van der Waals surface area contributed by atoms with Crippen molar-refractivity contribution in [1.29, 1.82) is 0 Å². The van der Waals surface area contributed by atoms with Crippen molar-refractivity contribution < 1.29 is 8.95 Å². The summed E-state index contributed by atoms with van der Waals surface area (Å²) >= 11 is 0. The molecule has 0 saturated carbocycles. The number of hydrogen-bond donors (Lipinski definition) is 0. The van der Waals surface area contributed by atoms with E-state index in [2.05, 4.69) is 30.3 Å². The summed E-state index contributed by atoms with van der Waals surface area (Å²) in [6.07, 6.45) is 0. The van der Waals surface area contributed by atoms with Gasteiger partial charge in [0.1, 0.15) is 5.75 Å². The minimum Gasteiger partial charge on any atom is -0.497 e. The third-order valence-electron chi connectivity index (χ3n) is 3.94. The Morgan fingerprint density at radius 3 is 2.26 bits per heavy atom. The van der Waals surface area contributed by atoms with Gasteiger partial charge in [0, 0.05) is 33.0 Å². The fraction of sp³-hybridized carbons (Fsp3) is 0.182. The Labute approximate surface area is 171 Å². The van der Waals surface area contributed by atoms with Crippen LogP contribution in [0.5, 0.6) is 5.75 Å². The zero-order chi connectivity index (χ0) is 18.9. The lowest BCUT2D eigenvalue weighted by atomic mass is 10.2. The molecule has 0 fully saturated rings. The Hall–Kier alpha value is -1.69. The second kappa shape index (κ2) is 10.6. The van der Waals surface area contributed by atoms with Crippen LogP contribution in [-0.2, 0) is 28.1 Å². The normalized spacial score (nSPS) is 11.9. The number of ether oxygens (including phenoxy) is 1. The van der Waals surface area contributed by atoms with Gasteiger partial charge in [-0.1, -0.05) is 76.2 Å². The third-order valence-corrected chi connectivity index (χ3v) is 7.55. The lowest BCUT2D eigenvalue weighted by molar-refractivity contribution is 0.414. The van der Waals surface area contributed by atoms with Crippen molar-refractivity contribution in [2.24, 2.45) is 0 Å². The highest BCUT2D eigenvalue weighted by Crippen LogP contribution is 2.34. The maximum Gasteiger partial charge on any atom is 0.118 e. The average Bonchev–Trinajstić information content (AvgIpc) is 2.69. The Kier molecular flexibility index (Phi) is 7.87. The summed E-state index contributed by atoms with van der Waals surface area (Å²) in [6.45, 7) is 0. The minimum absolute atomic E-state index is 0.590. The van der Waals surface area contributed by atoms with Gasteiger partial charge in [-0.3, -0.25) is 4.21 Å². The van der Waals surface area contributed by atoms with Gasteiger partial charge >= 0.3 is 0 Å². The molecule has 0 aliphatic carbocycles. The van der Waals surface area contributed by atoms with Gasteiger partial charge in [-0.25, -0.2) is 0 Å². The van der Waals surface area contributed by atoms with Crippen molar-refractivity contribution in [2.45, 2.75) is 22.2 Å².